The third-order valence-electron chi connectivity index (χ3n) is 4.18. The van der Waals surface area contributed by atoms with Crippen molar-refractivity contribution in [2.45, 2.75) is 19.8 Å². The van der Waals surface area contributed by atoms with Crippen LogP contribution in [0.5, 0.6) is 0 Å². The molecule has 2 N–H and O–H groups in total. The molecule has 1 amide bonds. The van der Waals surface area contributed by atoms with Crippen LogP contribution in [0.4, 0.5) is 5.69 Å². The Hall–Kier alpha value is -3.48. The summed E-state index contributed by atoms with van der Waals surface area (Å²) in [6.45, 7) is 2.09. The van der Waals surface area contributed by atoms with Gasteiger partial charge in [0, 0.05) is 5.69 Å². The fourth-order valence-corrected chi connectivity index (χ4v) is 2.95. The molecule has 0 atom stereocenters. The number of anilines is 1. The van der Waals surface area contributed by atoms with Crippen LogP contribution in [0.3, 0.4) is 0 Å². The number of fused-ring (bicyclic) bond motifs is 1. The van der Waals surface area contributed by atoms with Crippen molar-refractivity contribution in [3.8, 4) is 5.69 Å². The molecule has 2 aromatic carbocycles. The molecule has 0 aliphatic heterocycles. The molecule has 0 fully saturated rings. The summed E-state index contributed by atoms with van der Waals surface area (Å²) in [6, 6.07) is 15.2. The molecule has 0 saturated heterocycles. The van der Waals surface area contributed by atoms with Crippen molar-refractivity contribution in [3.63, 3.8) is 0 Å². The van der Waals surface area contributed by atoms with E-state index in [1.807, 2.05) is 47.1 Å². The van der Waals surface area contributed by atoms with E-state index in [1.165, 1.54) is 0 Å². The van der Waals surface area contributed by atoms with Crippen LogP contribution >= 0.6 is 0 Å². The van der Waals surface area contributed by atoms with Crippen molar-refractivity contribution in [2.24, 2.45) is 0 Å². The minimum absolute atomic E-state index is 0.182. The number of amides is 1. The summed E-state index contributed by atoms with van der Waals surface area (Å²) in [6.07, 6.45) is 3.31. The second-order valence-corrected chi connectivity index (χ2v) is 5.98. The highest BCUT2D eigenvalue weighted by molar-refractivity contribution is 6.05. The van der Waals surface area contributed by atoms with E-state index in [2.05, 4.69) is 32.7 Å². The Morgan fingerprint density at radius 2 is 1.92 bits per heavy atom. The van der Waals surface area contributed by atoms with E-state index >= 15 is 0 Å². The lowest BCUT2D eigenvalue weighted by molar-refractivity contribution is 0.102. The number of benzene rings is 2. The third-order valence-corrected chi connectivity index (χ3v) is 4.18. The van der Waals surface area contributed by atoms with Crippen molar-refractivity contribution in [1.29, 1.82) is 0 Å². The van der Waals surface area contributed by atoms with Gasteiger partial charge in [-0.3, -0.25) is 4.79 Å². The van der Waals surface area contributed by atoms with E-state index in [0.717, 1.165) is 29.7 Å². The Morgan fingerprint density at radius 1 is 1.12 bits per heavy atom. The molecule has 4 rings (SSSR count). The molecule has 130 valence electrons. The first kappa shape index (κ1) is 16.0. The maximum atomic E-state index is 12.8. The Balaban J connectivity index is 1.65. The Labute approximate surface area is 150 Å². The van der Waals surface area contributed by atoms with Gasteiger partial charge in [0.15, 0.2) is 0 Å². The molecule has 4 aromatic rings. The number of carbonyl (C=O) groups is 1. The quantitative estimate of drug-likeness (QED) is 0.580. The van der Waals surface area contributed by atoms with Crippen LogP contribution in [0.2, 0.25) is 0 Å². The fourth-order valence-electron chi connectivity index (χ4n) is 2.95. The molecule has 7 nitrogen and oxygen atoms in total. The zero-order chi connectivity index (χ0) is 17.9. The monoisotopic (exact) mass is 346 g/mol. The van der Waals surface area contributed by atoms with Gasteiger partial charge in [-0.05, 0) is 36.8 Å². The number of aromatic amines is 1. The lowest BCUT2D eigenvalue weighted by Gasteiger charge is -2.09. The van der Waals surface area contributed by atoms with Crippen LogP contribution in [0.15, 0.2) is 54.7 Å². The van der Waals surface area contributed by atoms with Crippen molar-refractivity contribution in [1.82, 2.24) is 25.2 Å². The summed E-state index contributed by atoms with van der Waals surface area (Å²) in [7, 11) is 0. The second-order valence-electron chi connectivity index (χ2n) is 5.98. The SMILES string of the molecule is CCCc1c(C(=O)Nc2ccc3n[nH]nc3c2)cnn1-c1ccccc1. The lowest BCUT2D eigenvalue weighted by atomic mass is 10.1. The van der Waals surface area contributed by atoms with Crippen LogP contribution in [-0.4, -0.2) is 31.1 Å². The van der Waals surface area contributed by atoms with Crippen LogP contribution in [0, 0.1) is 0 Å². The zero-order valence-electron chi connectivity index (χ0n) is 14.3. The van der Waals surface area contributed by atoms with Crippen molar-refractivity contribution < 1.29 is 4.79 Å². The van der Waals surface area contributed by atoms with Gasteiger partial charge in [0.05, 0.1) is 23.1 Å². The van der Waals surface area contributed by atoms with Gasteiger partial charge in [0.2, 0.25) is 0 Å². The summed E-state index contributed by atoms with van der Waals surface area (Å²) >= 11 is 0. The molecule has 7 heteroatoms. The van der Waals surface area contributed by atoms with E-state index in [4.69, 9.17) is 0 Å². The highest BCUT2D eigenvalue weighted by atomic mass is 16.1. The van der Waals surface area contributed by atoms with E-state index < -0.39 is 0 Å². The van der Waals surface area contributed by atoms with Gasteiger partial charge in [-0.1, -0.05) is 31.5 Å². The average molecular weight is 346 g/mol. The minimum atomic E-state index is -0.182. The summed E-state index contributed by atoms with van der Waals surface area (Å²) in [4.78, 5) is 12.8. The number of para-hydroxylation sites is 1. The Morgan fingerprint density at radius 3 is 2.73 bits per heavy atom. The zero-order valence-corrected chi connectivity index (χ0v) is 14.3. The van der Waals surface area contributed by atoms with Gasteiger partial charge in [-0.25, -0.2) is 4.68 Å². The largest absolute Gasteiger partial charge is 0.322 e. The average Bonchev–Trinajstić information content (AvgIpc) is 3.29. The van der Waals surface area contributed by atoms with Crippen LogP contribution in [-0.2, 0) is 6.42 Å². The minimum Gasteiger partial charge on any atom is -0.322 e. The topological polar surface area (TPSA) is 88.5 Å². The first-order valence-corrected chi connectivity index (χ1v) is 8.50. The number of nitrogens with zero attached hydrogens (tertiary/aromatic N) is 4. The Bertz CT molecular complexity index is 1050. The van der Waals surface area contributed by atoms with Gasteiger partial charge >= 0.3 is 0 Å². The van der Waals surface area contributed by atoms with E-state index in [1.54, 1.807) is 12.3 Å². The normalized spacial score (nSPS) is 11.0. The van der Waals surface area contributed by atoms with E-state index in [-0.39, 0.29) is 5.91 Å². The first-order valence-electron chi connectivity index (χ1n) is 8.50. The highest BCUT2D eigenvalue weighted by Crippen LogP contribution is 2.20. The fraction of sp³-hybridized carbons (Fsp3) is 0.158. The van der Waals surface area contributed by atoms with Crippen LogP contribution < -0.4 is 5.32 Å². The molecular formula is C19H18N6O. The number of hydrogen-bond donors (Lipinski definition) is 2. The van der Waals surface area contributed by atoms with E-state index in [0.29, 0.717) is 16.8 Å². The molecule has 0 saturated carbocycles. The summed E-state index contributed by atoms with van der Waals surface area (Å²) in [5, 5.41) is 18.0. The molecule has 0 aliphatic carbocycles. The summed E-state index contributed by atoms with van der Waals surface area (Å²) < 4.78 is 1.83. The van der Waals surface area contributed by atoms with Crippen LogP contribution in [0.25, 0.3) is 16.7 Å². The number of H-pyrrole nitrogens is 1. The van der Waals surface area contributed by atoms with Gasteiger partial charge in [0.25, 0.3) is 5.91 Å². The predicted molar refractivity (Wildman–Crippen MR) is 99.4 cm³/mol. The number of rotatable bonds is 5. The summed E-state index contributed by atoms with van der Waals surface area (Å²) in [5.74, 6) is -0.182. The first-order chi connectivity index (χ1) is 12.8. The number of carbonyl (C=O) groups excluding carboxylic acids is 1. The molecule has 0 spiro atoms. The maximum absolute atomic E-state index is 12.8. The van der Waals surface area contributed by atoms with Crippen LogP contribution in [0.1, 0.15) is 29.4 Å². The second kappa shape index (κ2) is 6.79. The maximum Gasteiger partial charge on any atom is 0.259 e. The molecule has 2 heterocycles. The smallest absolute Gasteiger partial charge is 0.259 e. The van der Waals surface area contributed by atoms with Gasteiger partial charge in [0.1, 0.15) is 11.0 Å². The number of aromatic nitrogens is 5. The van der Waals surface area contributed by atoms with Gasteiger partial charge in [-0.2, -0.15) is 20.5 Å². The highest BCUT2D eigenvalue weighted by Gasteiger charge is 2.18. The standard InChI is InChI=1S/C19H18N6O/c1-2-6-18-15(12-20-25(18)14-7-4-3-5-8-14)19(26)21-13-9-10-16-17(11-13)23-24-22-16/h3-5,7-12H,2,6H2,1H3,(H,21,26)(H,22,23,24). The molecule has 0 bridgehead atoms. The molecule has 0 radical (unpaired) electrons. The molecule has 0 aliphatic rings. The van der Waals surface area contributed by atoms with Crippen molar-refractivity contribution in [2.75, 3.05) is 5.32 Å². The molecular weight excluding hydrogens is 328 g/mol. The van der Waals surface area contributed by atoms with Crippen molar-refractivity contribution in [3.05, 3.63) is 66.0 Å². The Kier molecular flexibility index (Phi) is 4.18. The van der Waals surface area contributed by atoms with Gasteiger partial charge in [-0.15, -0.1) is 0 Å². The van der Waals surface area contributed by atoms with Gasteiger partial charge < -0.3 is 5.32 Å². The number of hydrogen-bond acceptors (Lipinski definition) is 4. The molecule has 0 unspecified atom stereocenters. The number of nitrogens with one attached hydrogen (secondary N) is 2. The third kappa shape index (κ3) is 2.95. The van der Waals surface area contributed by atoms with Crippen molar-refractivity contribution >= 4 is 22.6 Å². The molecule has 2 aromatic heterocycles. The lowest BCUT2D eigenvalue weighted by Crippen LogP contribution is -2.14. The predicted octanol–water partition coefficient (Wildman–Crippen LogP) is 3.35. The van der Waals surface area contributed by atoms with E-state index in [9.17, 15) is 4.79 Å². The summed E-state index contributed by atoms with van der Waals surface area (Å²) in [5.41, 5.74) is 4.56. The molecule has 26 heavy (non-hydrogen) atoms.